The average molecular weight is 247 g/mol. The van der Waals surface area contributed by atoms with Gasteiger partial charge in [-0.3, -0.25) is 0 Å². The van der Waals surface area contributed by atoms with E-state index in [1.54, 1.807) is 7.11 Å². The normalized spacial score (nSPS) is 11.2. The summed E-state index contributed by atoms with van der Waals surface area (Å²) in [6, 6.07) is 5.92. The quantitative estimate of drug-likeness (QED) is 0.630. The Kier molecular flexibility index (Phi) is 4.20. The average Bonchev–Trinajstić information content (AvgIpc) is 2.68. The zero-order chi connectivity index (χ0) is 13.0. The lowest BCUT2D eigenvalue weighted by Crippen LogP contribution is -2.05. The van der Waals surface area contributed by atoms with Crippen molar-refractivity contribution in [1.29, 1.82) is 0 Å². The molecule has 18 heavy (non-hydrogen) atoms. The molecule has 0 bridgehead atoms. The van der Waals surface area contributed by atoms with E-state index >= 15 is 0 Å². The molecule has 0 spiro atoms. The summed E-state index contributed by atoms with van der Waals surface area (Å²) >= 11 is 0. The first kappa shape index (κ1) is 12.9. The van der Waals surface area contributed by atoms with Crippen LogP contribution < -0.4 is 5.73 Å². The highest BCUT2D eigenvalue weighted by molar-refractivity contribution is 5.79. The lowest BCUT2D eigenvalue weighted by atomic mass is 10.2. The van der Waals surface area contributed by atoms with Crippen molar-refractivity contribution in [2.45, 2.75) is 32.7 Å². The molecular formula is C14H21N3O. The lowest BCUT2D eigenvalue weighted by Gasteiger charge is -2.07. The Labute approximate surface area is 108 Å². The molecule has 4 heteroatoms. The number of methoxy groups -OCH3 is 1. The Bertz CT molecular complexity index is 519. The third-order valence-corrected chi connectivity index (χ3v) is 3.05. The number of anilines is 1. The van der Waals surface area contributed by atoms with Gasteiger partial charge in [-0.25, -0.2) is 4.98 Å². The third-order valence-electron chi connectivity index (χ3n) is 3.05. The van der Waals surface area contributed by atoms with Gasteiger partial charge < -0.3 is 15.0 Å². The number of rotatable bonds is 6. The monoisotopic (exact) mass is 247 g/mol. The van der Waals surface area contributed by atoms with Crippen molar-refractivity contribution in [3.63, 3.8) is 0 Å². The van der Waals surface area contributed by atoms with Crippen LogP contribution in [0.3, 0.4) is 0 Å². The fraction of sp³-hybridized carbons (Fsp3) is 0.500. The van der Waals surface area contributed by atoms with Crippen LogP contribution in [0.5, 0.6) is 0 Å². The molecule has 0 aliphatic heterocycles. The summed E-state index contributed by atoms with van der Waals surface area (Å²) in [5.41, 5.74) is 8.83. The van der Waals surface area contributed by atoms with Crippen molar-refractivity contribution < 1.29 is 4.74 Å². The smallest absolute Gasteiger partial charge is 0.109 e. The number of benzene rings is 1. The predicted molar refractivity (Wildman–Crippen MR) is 74.6 cm³/mol. The minimum atomic E-state index is 0.775. The van der Waals surface area contributed by atoms with Gasteiger partial charge in [-0.15, -0.1) is 0 Å². The van der Waals surface area contributed by atoms with Gasteiger partial charge in [0.15, 0.2) is 0 Å². The molecule has 2 rings (SSSR count). The van der Waals surface area contributed by atoms with Crippen molar-refractivity contribution in [2.75, 3.05) is 19.5 Å². The van der Waals surface area contributed by atoms with Gasteiger partial charge in [0.1, 0.15) is 5.82 Å². The molecule has 0 saturated carbocycles. The van der Waals surface area contributed by atoms with E-state index in [4.69, 9.17) is 15.5 Å². The van der Waals surface area contributed by atoms with Crippen LogP contribution >= 0.6 is 0 Å². The molecular weight excluding hydrogens is 226 g/mol. The number of aromatic nitrogens is 2. The van der Waals surface area contributed by atoms with Crippen LogP contribution in [0.2, 0.25) is 0 Å². The van der Waals surface area contributed by atoms with Crippen molar-refractivity contribution in [3.8, 4) is 0 Å². The van der Waals surface area contributed by atoms with Gasteiger partial charge in [0, 0.05) is 32.4 Å². The Morgan fingerprint density at radius 3 is 2.94 bits per heavy atom. The first-order valence-electron chi connectivity index (χ1n) is 6.49. The van der Waals surface area contributed by atoms with Gasteiger partial charge in [-0.1, -0.05) is 6.92 Å². The van der Waals surface area contributed by atoms with Crippen molar-refractivity contribution in [3.05, 3.63) is 24.0 Å². The van der Waals surface area contributed by atoms with Crippen LogP contribution in [-0.4, -0.2) is 23.3 Å². The Morgan fingerprint density at radius 2 is 2.22 bits per heavy atom. The molecule has 0 saturated heterocycles. The second-order valence-corrected chi connectivity index (χ2v) is 4.52. The summed E-state index contributed by atoms with van der Waals surface area (Å²) in [6.07, 6.45) is 3.04. The Morgan fingerprint density at radius 1 is 1.39 bits per heavy atom. The van der Waals surface area contributed by atoms with Gasteiger partial charge in [0.25, 0.3) is 0 Å². The second-order valence-electron chi connectivity index (χ2n) is 4.52. The van der Waals surface area contributed by atoms with E-state index < -0.39 is 0 Å². The first-order chi connectivity index (χ1) is 8.76. The number of nitrogen functional groups attached to an aromatic ring is 1. The molecule has 0 fully saturated rings. The van der Waals surface area contributed by atoms with Crippen LogP contribution in [0.25, 0.3) is 11.0 Å². The van der Waals surface area contributed by atoms with E-state index in [2.05, 4.69) is 11.5 Å². The molecule has 2 N–H and O–H groups in total. The SMILES string of the molecule is CCCn1c(CCCOC)nc2ccc(N)cc21. The topological polar surface area (TPSA) is 53.1 Å². The van der Waals surface area contributed by atoms with Gasteiger partial charge in [0.05, 0.1) is 11.0 Å². The molecule has 0 atom stereocenters. The molecule has 1 aromatic heterocycles. The number of hydrogen-bond acceptors (Lipinski definition) is 3. The molecule has 1 aromatic carbocycles. The molecule has 98 valence electrons. The van der Waals surface area contributed by atoms with Crippen molar-refractivity contribution in [2.24, 2.45) is 0 Å². The molecule has 0 aliphatic rings. The maximum Gasteiger partial charge on any atom is 0.109 e. The number of imidazole rings is 1. The third kappa shape index (κ3) is 2.64. The first-order valence-corrected chi connectivity index (χ1v) is 6.49. The molecule has 2 aromatic rings. The van der Waals surface area contributed by atoms with E-state index in [9.17, 15) is 0 Å². The number of fused-ring (bicyclic) bond motifs is 1. The van der Waals surface area contributed by atoms with Gasteiger partial charge in [-0.2, -0.15) is 0 Å². The highest BCUT2D eigenvalue weighted by atomic mass is 16.5. The van der Waals surface area contributed by atoms with E-state index in [0.717, 1.165) is 55.0 Å². The number of aryl methyl sites for hydroxylation is 2. The highest BCUT2D eigenvalue weighted by Crippen LogP contribution is 2.20. The second kappa shape index (κ2) is 5.87. The maximum atomic E-state index is 5.86. The van der Waals surface area contributed by atoms with E-state index in [1.165, 1.54) is 0 Å². The standard InChI is InChI=1S/C14H21N3O/c1-3-8-17-13-10-11(15)6-7-12(13)16-14(17)5-4-9-18-2/h6-7,10H,3-5,8-9,15H2,1-2H3. The molecule has 0 amide bonds. The summed E-state index contributed by atoms with van der Waals surface area (Å²) in [7, 11) is 1.73. The van der Waals surface area contributed by atoms with Crippen LogP contribution in [0.15, 0.2) is 18.2 Å². The Balaban J connectivity index is 2.35. The minimum Gasteiger partial charge on any atom is -0.399 e. The van der Waals surface area contributed by atoms with Crippen LogP contribution in [0.4, 0.5) is 5.69 Å². The van der Waals surface area contributed by atoms with E-state index in [-0.39, 0.29) is 0 Å². The maximum absolute atomic E-state index is 5.86. The van der Waals surface area contributed by atoms with E-state index in [1.807, 2.05) is 18.2 Å². The molecule has 0 unspecified atom stereocenters. The number of nitrogens with zero attached hydrogens (tertiary/aromatic N) is 2. The summed E-state index contributed by atoms with van der Waals surface area (Å²) < 4.78 is 7.38. The number of ether oxygens (including phenoxy) is 1. The summed E-state index contributed by atoms with van der Waals surface area (Å²) in [5.74, 6) is 1.13. The highest BCUT2D eigenvalue weighted by Gasteiger charge is 2.09. The van der Waals surface area contributed by atoms with Crippen LogP contribution in [-0.2, 0) is 17.7 Å². The number of nitrogens with two attached hydrogens (primary N) is 1. The lowest BCUT2D eigenvalue weighted by molar-refractivity contribution is 0.194. The van der Waals surface area contributed by atoms with Gasteiger partial charge in [-0.05, 0) is 31.0 Å². The van der Waals surface area contributed by atoms with Crippen molar-refractivity contribution in [1.82, 2.24) is 9.55 Å². The van der Waals surface area contributed by atoms with E-state index in [0.29, 0.717) is 0 Å². The van der Waals surface area contributed by atoms with Crippen molar-refractivity contribution >= 4 is 16.7 Å². The largest absolute Gasteiger partial charge is 0.399 e. The van der Waals surface area contributed by atoms with Crippen LogP contribution in [0.1, 0.15) is 25.6 Å². The zero-order valence-electron chi connectivity index (χ0n) is 11.1. The number of hydrogen-bond donors (Lipinski definition) is 1. The fourth-order valence-electron chi connectivity index (χ4n) is 2.23. The predicted octanol–water partition coefficient (Wildman–Crippen LogP) is 2.61. The minimum absolute atomic E-state index is 0.775. The molecule has 4 nitrogen and oxygen atoms in total. The molecule has 0 radical (unpaired) electrons. The van der Waals surface area contributed by atoms with Gasteiger partial charge in [0.2, 0.25) is 0 Å². The Hall–Kier alpha value is -1.55. The molecule has 0 aliphatic carbocycles. The summed E-state index contributed by atoms with van der Waals surface area (Å²) in [5, 5.41) is 0. The van der Waals surface area contributed by atoms with Gasteiger partial charge >= 0.3 is 0 Å². The summed E-state index contributed by atoms with van der Waals surface area (Å²) in [6.45, 7) is 3.94. The molecule has 1 heterocycles. The van der Waals surface area contributed by atoms with Crippen LogP contribution in [0, 0.1) is 0 Å². The fourth-order valence-corrected chi connectivity index (χ4v) is 2.23. The zero-order valence-corrected chi connectivity index (χ0v) is 11.1. The summed E-state index contributed by atoms with van der Waals surface area (Å²) in [4.78, 5) is 4.70.